The number of anilines is 1. The van der Waals surface area contributed by atoms with Crippen molar-refractivity contribution in [3.63, 3.8) is 0 Å². The van der Waals surface area contributed by atoms with Crippen LogP contribution in [0.4, 0.5) is 5.69 Å². The first-order valence-electron chi connectivity index (χ1n) is 11.0. The van der Waals surface area contributed by atoms with Crippen molar-refractivity contribution >= 4 is 17.5 Å². The van der Waals surface area contributed by atoms with Crippen LogP contribution in [0.2, 0.25) is 0 Å². The summed E-state index contributed by atoms with van der Waals surface area (Å²) in [6, 6.07) is 11.8. The standard InChI is InChI=1S/C23H32N4O4/c1-3-4-11-24-22(28)23(29)25-17-20(21-6-5-16-31-21)27-14-12-26(13-15-27)18-7-9-19(30-2)10-8-18/h5-10,16,20H,3-4,11-15,17H2,1-2H3,(H,24,28)(H,25,29)/p+1/t20-/m1/s1. The molecular weight excluding hydrogens is 396 g/mol. The Labute approximate surface area is 183 Å². The second-order valence-corrected chi connectivity index (χ2v) is 7.73. The van der Waals surface area contributed by atoms with E-state index in [-0.39, 0.29) is 6.04 Å². The van der Waals surface area contributed by atoms with E-state index in [9.17, 15) is 9.59 Å². The van der Waals surface area contributed by atoms with E-state index in [2.05, 4.69) is 27.7 Å². The van der Waals surface area contributed by atoms with Gasteiger partial charge in [-0.05, 0) is 42.8 Å². The predicted molar refractivity (Wildman–Crippen MR) is 118 cm³/mol. The number of nitrogens with one attached hydrogen (secondary N) is 3. The number of furan rings is 1. The van der Waals surface area contributed by atoms with E-state index in [0.717, 1.165) is 50.5 Å². The van der Waals surface area contributed by atoms with Crippen molar-refractivity contribution in [3.05, 3.63) is 48.4 Å². The summed E-state index contributed by atoms with van der Waals surface area (Å²) in [5, 5.41) is 5.45. The Morgan fingerprint density at radius 1 is 1.13 bits per heavy atom. The molecule has 0 bridgehead atoms. The molecule has 2 amide bonds. The van der Waals surface area contributed by atoms with Gasteiger partial charge in [-0.2, -0.15) is 0 Å². The van der Waals surface area contributed by atoms with Gasteiger partial charge in [-0.25, -0.2) is 0 Å². The number of methoxy groups -OCH3 is 1. The number of unbranched alkanes of at least 4 members (excludes halogenated alkanes) is 1. The average Bonchev–Trinajstić information content (AvgIpc) is 3.34. The van der Waals surface area contributed by atoms with Gasteiger partial charge in [0.05, 0.1) is 46.1 Å². The summed E-state index contributed by atoms with van der Waals surface area (Å²) in [6.45, 7) is 6.49. The van der Waals surface area contributed by atoms with E-state index >= 15 is 0 Å². The monoisotopic (exact) mass is 429 g/mol. The van der Waals surface area contributed by atoms with Crippen LogP contribution in [-0.4, -0.2) is 58.2 Å². The number of hydrogen-bond donors (Lipinski definition) is 3. The first-order chi connectivity index (χ1) is 15.1. The fourth-order valence-corrected chi connectivity index (χ4v) is 3.86. The SMILES string of the molecule is CCCCNC(=O)C(=O)NC[C@H](c1ccco1)[NH+]1CCN(c2ccc(OC)cc2)CC1. The predicted octanol–water partition coefficient (Wildman–Crippen LogP) is 0.767. The number of hydrogen-bond acceptors (Lipinski definition) is 5. The van der Waals surface area contributed by atoms with Gasteiger partial charge in [-0.1, -0.05) is 13.3 Å². The lowest BCUT2D eigenvalue weighted by Gasteiger charge is -2.37. The first-order valence-corrected chi connectivity index (χ1v) is 11.0. The van der Waals surface area contributed by atoms with Gasteiger partial charge in [-0.15, -0.1) is 0 Å². The molecule has 1 aromatic heterocycles. The Balaban J connectivity index is 1.56. The lowest BCUT2D eigenvalue weighted by atomic mass is 10.1. The molecule has 1 aliphatic rings. The molecule has 0 spiro atoms. The Kier molecular flexibility index (Phi) is 8.35. The molecule has 3 rings (SSSR count). The van der Waals surface area contributed by atoms with Gasteiger partial charge in [0, 0.05) is 12.2 Å². The summed E-state index contributed by atoms with van der Waals surface area (Å²) in [7, 11) is 1.67. The molecule has 2 heterocycles. The lowest BCUT2D eigenvalue weighted by molar-refractivity contribution is -0.932. The van der Waals surface area contributed by atoms with Crippen molar-refractivity contribution in [1.29, 1.82) is 0 Å². The van der Waals surface area contributed by atoms with Crippen LogP contribution in [0.15, 0.2) is 47.1 Å². The zero-order valence-corrected chi connectivity index (χ0v) is 18.4. The minimum absolute atomic E-state index is 0.0413. The quantitative estimate of drug-likeness (QED) is 0.405. The van der Waals surface area contributed by atoms with Gasteiger partial charge >= 0.3 is 11.8 Å². The van der Waals surface area contributed by atoms with E-state index < -0.39 is 11.8 Å². The molecule has 1 aliphatic heterocycles. The Morgan fingerprint density at radius 3 is 2.45 bits per heavy atom. The van der Waals surface area contributed by atoms with Gasteiger partial charge in [0.15, 0.2) is 11.8 Å². The molecule has 0 saturated carbocycles. The van der Waals surface area contributed by atoms with Crippen LogP contribution in [-0.2, 0) is 9.59 Å². The third-order valence-electron chi connectivity index (χ3n) is 5.71. The number of amides is 2. The number of piperazine rings is 1. The number of carbonyl (C=O) groups excluding carboxylic acids is 2. The van der Waals surface area contributed by atoms with Gasteiger partial charge < -0.3 is 29.6 Å². The van der Waals surface area contributed by atoms with Crippen molar-refractivity contribution in [1.82, 2.24) is 10.6 Å². The summed E-state index contributed by atoms with van der Waals surface area (Å²) in [6.07, 6.45) is 3.47. The normalized spacial score (nSPS) is 15.4. The molecule has 1 aromatic carbocycles. The van der Waals surface area contributed by atoms with Crippen LogP contribution in [0.1, 0.15) is 31.6 Å². The molecular formula is C23H33N4O4+. The van der Waals surface area contributed by atoms with Crippen LogP contribution >= 0.6 is 0 Å². The highest BCUT2D eigenvalue weighted by Gasteiger charge is 2.31. The van der Waals surface area contributed by atoms with E-state index in [1.165, 1.54) is 10.6 Å². The minimum atomic E-state index is -0.594. The highest BCUT2D eigenvalue weighted by Crippen LogP contribution is 2.19. The lowest BCUT2D eigenvalue weighted by Crippen LogP contribution is -3.15. The Hall–Kier alpha value is -3.00. The summed E-state index contributed by atoms with van der Waals surface area (Å²) in [5.74, 6) is 0.495. The molecule has 2 aromatic rings. The smallest absolute Gasteiger partial charge is 0.309 e. The molecule has 8 nitrogen and oxygen atoms in total. The molecule has 0 unspecified atom stereocenters. The fourth-order valence-electron chi connectivity index (χ4n) is 3.86. The van der Waals surface area contributed by atoms with Crippen LogP contribution in [0.25, 0.3) is 0 Å². The van der Waals surface area contributed by atoms with Crippen molar-refractivity contribution < 1.29 is 23.6 Å². The van der Waals surface area contributed by atoms with Gasteiger partial charge in [-0.3, -0.25) is 9.59 Å². The minimum Gasteiger partial charge on any atom is -0.497 e. The Bertz CT molecular complexity index is 815. The molecule has 8 heteroatoms. The van der Waals surface area contributed by atoms with Gasteiger partial charge in [0.1, 0.15) is 5.75 Å². The molecule has 1 saturated heterocycles. The zero-order valence-electron chi connectivity index (χ0n) is 18.4. The number of ether oxygens (including phenoxy) is 1. The van der Waals surface area contributed by atoms with Crippen LogP contribution in [0.3, 0.4) is 0 Å². The number of benzene rings is 1. The topological polar surface area (TPSA) is 88.2 Å². The molecule has 31 heavy (non-hydrogen) atoms. The number of carbonyl (C=O) groups is 2. The number of nitrogens with zero attached hydrogens (tertiary/aromatic N) is 1. The maximum atomic E-state index is 12.2. The van der Waals surface area contributed by atoms with E-state index in [4.69, 9.17) is 9.15 Å². The van der Waals surface area contributed by atoms with E-state index in [0.29, 0.717) is 13.1 Å². The molecule has 0 radical (unpaired) electrons. The highest BCUT2D eigenvalue weighted by atomic mass is 16.5. The summed E-state index contributed by atoms with van der Waals surface area (Å²) >= 11 is 0. The van der Waals surface area contributed by atoms with Gasteiger partial charge in [0.25, 0.3) is 0 Å². The van der Waals surface area contributed by atoms with E-state index in [1.54, 1.807) is 13.4 Å². The molecule has 0 aliphatic carbocycles. The zero-order chi connectivity index (χ0) is 22.1. The summed E-state index contributed by atoms with van der Waals surface area (Å²) in [5.41, 5.74) is 1.17. The van der Waals surface area contributed by atoms with Crippen molar-refractivity contribution in [3.8, 4) is 5.75 Å². The Morgan fingerprint density at radius 2 is 1.84 bits per heavy atom. The third kappa shape index (κ3) is 6.24. The second kappa shape index (κ2) is 11.4. The van der Waals surface area contributed by atoms with Crippen LogP contribution in [0, 0.1) is 0 Å². The van der Waals surface area contributed by atoms with Crippen LogP contribution < -0.4 is 25.2 Å². The van der Waals surface area contributed by atoms with Gasteiger partial charge in [0.2, 0.25) is 0 Å². The van der Waals surface area contributed by atoms with Crippen LogP contribution in [0.5, 0.6) is 5.75 Å². The molecule has 1 fully saturated rings. The maximum absolute atomic E-state index is 12.2. The summed E-state index contributed by atoms with van der Waals surface area (Å²) < 4.78 is 10.9. The first kappa shape index (κ1) is 22.7. The third-order valence-corrected chi connectivity index (χ3v) is 5.71. The molecule has 168 valence electrons. The second-order valence-electron chi connectivity index (χ2n) is 7.73. The molecule has 3 N–H and O–H groups in total. The molecule has 1 atom stereocenters. The summed E-state index contributed by atoms with van der Waals surface area (Å²) in [4.78, 5) is 27.8. The fraction of sp³-hybridized carbons (Fsp3) is 0.478. The average molecular weight is 430 g/mol. The largest absolute Gasteiger partial charge is 0.497 e. The van der Waals surface area contributed by atoms with Crippen molar-refractivity contribution in [2.45, 2.75) is 25.8 Å². The number of quaternary nitrogens is 1. The number of rotatable bonds is 9. The van der Waals surface area contributed by atoms with Crippen molar-refractivity contribution in [2.75, 3.05) is 51.3 Å². The highest BCUT2D eigenvalue weighted by molar-refractivity contribution is 6.35. The maximum Gasteiger partial charge on any atom is 0.309 e. The van der Waals surface area contributed by atoms with Crippen molar-refractivity contribution in [2.24, 2.45) is 0 Å². The van der Waals surface area contributed by atoms with E-state index in [1.807, 2.05) is 31.2 Å².